The van der Waals surface area contributed by atoms with Crippen LogP contribution in [-0.2, 0) is 0 Å². The zero-order valence-corrected chi connectivity index (χ0v) is 17.6. The monoisotopic (exact) mass is 424 g/mol. The van der Waals surface area contributed by atoms with Crippen LogP contribution in [0.15, 0.2) is 60.7 Å². The molecule has 7 heteroatoms. The number of halogens is 1. The highest BCUT2D eigenvalue weighted by atomic mass is 35.5. The maximum atomic E-state index is 13.5. The first-order valence-corrected chi connectivity index (χ1v) is 9.69. The number of benzene rings is 3. The molecule has 0 saturated carbocycles. The molecule has 1 aliphatic rings. The molecule has 1 unspecified atom stereocenters. The molecule has 0 bridgehead atoms. The van der Waals surface area contributed by atoms with Gasteiger partial charge in [0, 0.05) is 16.9 Å². The van der Waals surface area contributed by atoms with Crippen molar-refractivity contribution < 1.29 is 19.0 Å². The molecule has 0 radical (unpaired) electrons. The number of ether oxygens (including phenoxy) is 3. The number of carbonyl (C=O) groups is 1. The maximum Gasteiger partial charge on any atom is 0.262 e. The second-order valence-corrected chi connectivity index (χ2v) is 7.11. The lowest BCUT2D eigenvalue weighted by atomic mass is 10.0. The minimum atomic E-state index is -0.502. The highest BCUT2D eigenvalue weighted by Gasteiger charge is 2.35. The zero-order valence-electron chi connectivity index (χ0n) is 16.8. The van der Waals surface area contributed by atoms with Gasteiger partial charge in [-0.1, -0.05) is 23.7 Å². The van der Waals surface area contributed by atoms with E-state index in [0.29, 0.717) is 27.8 Å². The van der Waals surface area contributed by atoms with Crippen molar-refractivity contribution in [2.45, 2.75) is 6.17 Å². The van der Waals surface area contributed by atoms with E-state index in [1.807, 2.05) is 48.5 Å². The molecule has 1 N–H and O–H groups in total. The number of nitrogens with zero attached hydrogens (tertiary/aromatic N) is 1. The lowest BCUT2D eigenvalue weighted by Gasteiger charge is -2.38. The predicted octanol–water partition coefficient (Wildman–Crippen LogP) is 5.14. The van der Waals surface area contributed by atoms with Crippen molar-refractivity contribution in [3.05, 3.63) is 76.8 Å². The molecular weight excluding hydrogens is 404 g/mol. The molecule has 3 aromatic carbocycles. The number of nitrogens with one attached hydrogen (secondary N) is 1. The van der Waals surface area contributed by atoms with Crippen LogP contribution in [-0.4, -0.2) is 27.2 Å². The first-order chi connectivity index (χ1) is 14.6. The van der Waals surface area contributed by atoms with Gasteiger partial charge in [0.05, 0.1) is 31.9 Å². The molecule has 0 spiro atoms. The average Bonchev–Trinajstić information content (AvgIpc) is 2.78. The Morgan fingerprint density at radius 2 is 1.67 bits per heavy atom. The van der Waals surface area contributed by atoms with E-state index in [2.05, 4.69) is 5.32 Å². The molecule has 0 saturated heterocycles. The fourth-order valence-corrected chi connectivity index (χ4v) is 3.89. The van der Waals surface area contributed by atoms with Crippen LogP contribution in [0, 0.1) is 0 Å². The molecule has 1 aliphatic heterocycles. The van der Waals surface area contributed by atoms with Gasteiger partial charge in [-0.2, -0.15) is 0 Å². The fourth-order valence-electron chi connectivity index (χ4n) is 3.59. The largest absolute Gasteiger partial charge is 0.497 e. The molecule has 1 atom stereocenters. The van der Waals surface area contributed by atoms with Crippen molar-refractivity contribution in [2.75, 3.05) is 31.5 Å². The third-order valence-electron chi connectivity index (χ3n) is 5.05. The summed E-state index contributed by atoms with van der Waals surface area (Å²) in [6.07, 6.45) is -0.502. The third kappa shape index (κ3) is 3.39. The lowest BCUT2D eigenvalue weighted by Crippen LogP contribution is -2.43. The van der Waals surface area contributed by atoms with Crippen molar-refractivity contribution in [2.24, 2.45) is 0 Å². The van der Waals surface area contributed by atoms with Crippen molar-refractivity contribution in [3.63, 3.8) is 0 Å². The van der Waals surface area contributed by atoms with Crippen molar-refractivity contribution in [1.29, 1.82) is 0 Å². The van der Waals surface area contributed by atoms with Gasteiger partial charge in [-0.05, 0) is 48.5 Å². The summed E-state index contributed by atoms with van der Waals surface area (Å²) in [6.45, 7) is 0. The molecule has 1 amide bonds. The van der Waals surface area contributed by atoms with E-state index in [1.165, 1.54) is 7.11 Å². The Labute approximate surface area is 179 Å². The van der Waals surface area contributed by atoms with Gasteiger partial charge in [0.2, 0.25) is 0 Å². The van der Waals surface area contributed by atoms with Crippen molar-refractivity contribution in [3.8, 4) is 17.2 Å². The van der Waals surface area contributed by atoms with E-state index in [1.54, 1.807) is 31.3 Å². The summed E-state index contributed by atoms with van der Waals surface area (Å²) in [5, 5.41) is 3.85. The van der Waals surface area contributed by atoms with Crippen LogP contribution in [0.2, 0.25) is 5.02 Å². The normalized spacial score (nSPS) is 15.3. The van der Waals surface area contributed by atoms with E-state index >= 15 is 0 Å². The van der Waals surface area contributed by atoms with Crippen LogP contribution >= 0.6 is 11.6 Å². The summed E-state index contributed by atoms with van der Waals surface area (Å²) in [7, 11) is 4.69. The van der Waals surface area contributed by atoms with Crippen LogP contribution < -0.4 is 24.4 Å². The highest BCUT2D eigenvalue weighted by Crippen LogP contribution is 2.42. The van der Waals surface area contributed by atoms with E-state index in [0.717, 1.165) is 16.9 Å². The highest BCUT2D eigenvalue weighted by molar-refractivity contribution is 6.32. The number of anilines is 2. The quantitative estimate of drug-likeness (QED) is 0.614. The minimum Gasteiger partial charge on any atom is -0.497 e. The SMILES string of the molecule is COc1ccc(N2C(=O)c3ccccc3NC2c2cc(Cl)c(OC)c(OC)c2)cc1. The van der Waals surface area contributed by atoms with Gasteiger partial charge >= 0.3 is 0 Å². The van der Waals surface area contributed by atoms with Crippen LogP contribution in [0.25, 0.3) is 0 Å². The second-order valence-electron chi connectivity index (χ2n) is 6.70. The molecule has 154 valence electrons. The molecule has 0 fully saturated rings. The number of hydrogen-bond acceptors (Lipinski definition) is 5. The molecule has 6 nitrogen and oxygen atoms in total. The topological polar surface area (TPSA) is 60.0 Å². The zero-order chi connectivity index (χ0) is 21.3. The van der Waals surface area contributed by atoms with Gasteiger partial charge in [-0.3, -0.25) is 9.69 Å². The number of fused-ring (bicyclic) bond motifs is 1. The molecule has 0 aromatic heterocycles. The summed E-state index contributed by atoms with van der Waals surface area (Å²) < 4.78 is 16.1. The van der Waals surface area contributed by atoms with Crippen LogP contribution in [0.3, 0.4) is 0 Å². The smallest absolute Gasteiger partial charge is 0.262 e. The third-order valence-corrected chi connectivity index (χ3v) is 5.33. The maximum absolute atomic E-state index is 13.5. The Balaban J connectivity index is 1.87. The Morgan fingerprint density at radius 3 is 2.33 bits per heavy atom. The Bertz CT molecular complexity index is 1090. The van der Waals surface area contributed by atoms with Gasteiger partial charge in [0.15, 0.2) is 11.5 Å². The van der Waals surface area contributed by atoms with Crippen molar-refractivity contribution in [1.82, 2.24) is 0 Å². The Hall–Kier alpha value is -3.38. The number of methoxy groups -OCH3 is 3. The summed E-state index contributed by atoms with van der Waals surface area (Å²) in [4.78, 5) is 15.2. The van der Waals surface area contributed by atoms with E-state index < -0.39 is 6.17 Å². The van der Waals surface area contributed by atoms with Gasteiger partial charge < -0.3 is 19.5 Å². The summed E-state index contributed by atoms with van der Waals surface area (Å²) in [5.74, 6) is 1.52. The molecule has 1 heterocycles. The van der Waals surface area contributed by atoms with Gasteiger partial charge in [0.25, 0.3) is 5.91 Å². The molecule has 4 rings (SSSR count). The van der Waals surface area contributed by atoms with Crippen LogP contribution in [0.1, 0.15) is 22.1 Å². The fraction of sp³-hybridized carbons (Fsp3) is 0.174. The molecule has 30 heavy (non-hydrogen) atoms. The van der Waals surface area contributed by atoms with E-state index in [4.69, 9.17) is 25.8 Å². The lowest BCUT2D eigenvalue weighted by molar-refractivity contribution is 0.0975. The summed E-state index contributed by atoms with van der Waals surface area (Å²) in [6, 6.07) is 18.4. The Kier molecular flexibility index (Phi) is 5.42. The van der Waals surface area contributed by atoms with E-state index in [-0.39, 0.29) is 5.91 Å². The van der Waals surface area contributed by atoms with E-state index in [9.17, 15) is 4.79 Å². The molecule has 0 aliphatic carbocycles. The number of rotatable bonds is 5. The number of amides is 1. The van der Waals surface area contributed by atoms with Gasteiger partial charge in [-0.15, -0.1) is 0 Å². The predicted molar refractivity (Wildman–Crippen MR) is 117 cm³/mol. The van der Waals surface area contributed by atoms with Gasteiger partial charge in [-0.25, -0.2) is 0 Å². The van der Waals surface area contributed by atoms with Crippen LogP contribution in [0.5, 0.6) is 17.2 Å². The number of carbonyl (C=O) groups excluding carboxylic acids is 1. The average molecular weight is 425 g/mol. The summed E-state index contributed by atoms with van der Waals surface area (Å²) >= 11 is 6.45. The molecular formula is C23H21ClN2O4. The molecule has 3 aromatic rings. The Morgan fingerprint density at radius 1 is 0.933 bits per heavy atom. The second kappa shape index (κ2) is 8.16. The number of para-hydroxylation sites is 1. The summed E-state index contributed by atoms with van der Waals surface area (Å²) in [5.41, 5.74) is 2.83. The first kappa shape index (κ1) is 19.9. The minimum absolute atomic E-state index is 0.120. The standard InChI is InChI=1S/C23H21ClN2O4/c1-28-16-10-8-15(9-11-16)26-22(25-19-7-5-4-6-17(19)23(26)27)14-12-18(24)21(30-3)20(13-14)29-2/h4-13,22,25H,1-3H3. The van der Waals surface area contributed by atoms with Crippen molar-refractivity contribution >= 4 is 28.9 Å². The first-order valence-electron chi connectivity index (χ1n) is 9.32. The van der Waals surface area contributed by atoms with Gasteiger partial charge in [0.1, 0.15) is 11.9 Å². The number of hydrogen-bond donors (Lipinski definition) is 1. The van der Waals surface area contributed by atoms with Crippen LogP contribution in [0.4, 0.5) is 11.4 Å².